The highest BCUT2D eigenvalue weighted by molar-refractivity contribution is 8.45. The molecule has 0 radical (unpaired) electrons. The molecule has 3 saturated heterocycles. The number of hydrogen-bond acceptors (Lipinski definition) is 4. The van der Waals surface area contributed by atoms with Crippen LogP contribution in [0.4, 0.5) is 25.1 Å². The van der Waals surface area contributed by atoms with Gasteiger partial charge < -0.3 is 14.9 Å². The molecular formula is C22H32F5N3O2S. The number of carboxylic acids is 1. The molecular weight excluding hydrogens is 465 g/mol. The van der Waals surface area contributed by atoms with Gasteiger partial charge in [-0.25, -0.2) is 0 Å². The Kier molecular flexibility index (Phi) is 5.73. The monoisotopic (exact) mass is 497 g/mol. The maximum Gasteiger partial charge on any atom is 0.310 e. The molecule has 0 saturated carbocycles. The number of anilines is 1. The number of carboxylic acid groups (broad SMARTS) is 1. The zero-order valence-corrected chi connectivity index (χ0v) is 19.6. The van der Waals surface area contributed by atoms with Crippen LogP contribution in [0.15, 0.2) is 23.1 Å². The summed E-state index contributed by atoms with van der Waals surface area (Å²) >= 11 is 0. The molecule has 0 unspecified atom stereocenters. The van der Waals surface area contributed by atoms with Crippen molar-refractivity contribution >= 4 is 21.9 Å². The molecule has 5 nitrogen and oxygen atoms in total. The molecule has 188 valence electrons. The van der Waals surface area contributed by atoms with Crippen LogP contribution in [-0.2, 0) is 11.3 Å². The van der Waals surface area contributed by atoms with Gasteiger partial charge in [0.2, 0.25) is 0 Å². The maximum atomic E-state index is 13.8. The molecule has 1 spiro atoms. The predicted octanol–water partition coefficient (Wildman–Crippen LogP) is 5.56. The Labute approximate surface area is 191 Å². The van der Waals surface area contributed by atoms with E-state index in [9.17, 15) is 24.2 Å². The van der Waals surface area contributed by atoms with Crippen molar-refractivity contribution in [3.05, 3.63) is 23.8 Å². The second kappa shape index (κ2) is 7.71. The lowest BCUT2D eigenvalue weighted by Crippen LogP contribution is -2.39. The van der Waals surface area contributed by atoms with Crippen LogP contribution in [0.2, 0.25) is 0 Å². The van der Waals surface area contributed by atoms with Crippen LogP contribution in [0.3, 0.4) is 0 Å². The van der Waals surface area contributed by atoms with Gasteiger partial charge in [0.1, 0.15) is 4.90 Å². The van der Waals surface area contributed by atoms with Crippen LogP contribution < -0.4 is 4.90 Å². The number of aliphatic carboxylic acids is 1. The number of rotatable bonds is 5. The van der Waals surface area contributed by atoms with E-state index >= 15 is 0 Å². The molecule has 0 aliphatic carbocycles. The highest BCUT2D eigenvalue weighted by Gasteiger charge is 2.65. The van der Waals surface area contributed by atoms with Crippen molar-refractivity contribution in [2.75, 3.05) is 51.2 Å². The Balaban J connectivity index is 1.56. The average Bonchev–Trinajstić information content (AvgIpc) is 3.11. The van der Waals surface area contributed by atoms with Crippen LogP contribution in [0.25, 0.3) is 0 Å². The van der Waals surface area contributed by atoms with Gasteiger partial charge in [-0.15, -0.1) is 0 Å². The highest BCUT2D eigenvalue weighted by Crippen LogP contribution is 3.02. The lowest BCUT2D eigenvalue weighted by molar-refractivity contribution is -0.142. The van der Waals surface area contributed by atoms with Crippen molar-refractivity contribution in [1.82, 2.24) is 9.80 Å². The number of nitrogens with zero attached hydrogens (tertiary/aromatic N) is 3. The van der Waals surface area contributed by atoms with Crippen LogP contribution in [-0.4, -0.2) is 67.2 Å². The summed E-state index contributed by atoms with van der Waals surface area (Å²) in [6, 6.07) is 2.71. The SMILES string of the molecule is CN1CCC2(CC1)CCN(Cc1cc(N3CCC(C(=O)O)CC3)cc(S(F)(F)(F)(F)F)c1)C2. The fourth-order valence-electron chi connectivity index (χ4n) is 5.45. The van der Waals surface area contributed by atoms with E-state index in [1.807, 2.05) is 0 Å². The third-order valence-corrected chi connectivity index (χ3v) is 8.70. The van der Waals surface area contributed by atoms with Crippen LogP contribution in [0.1, 0.15) is 37.7 Å². The van der Waals surface area contributed by atoms with Gasteiger partial charge in [0.25, 0.3) is 0 Å². The van der Waals surface area contributed by atoms with Gasteiger partial charge in [-0.2, -0.15) is 0 Å². The Morgan fingerprint density at radius 1 is 1.00 bits per heavy atom. The van der Waals surface area contributed by atoms with Crippen LogP contribution in [0, 0.1) is 11.3 Å². The number of hydrogen-bond donors (Lipinski definition) is 1. The van der Waals surface area contributed by atoms with Gasteiger partial charge in [0.15, 0.2) is 0 Å². The molecule has 0 bridgehead atoms. The summed E-state index contributed by atoms with van der Waals surface area (Å²) in [7, 11) is -7.79. The zero-order chi connectivity index (χ0) is 24.1. The normalized spacial score (nSPS) is 25.2. The lowest BCUT2D eigenvalue weighted by atomic mass is 9.78. The summed E-state index contributed by atoms with van der Waals surface area (Å²) in [4.78, 5) is 15.3. The molecule has 3 fully saturated rings. The smallest absolute Gasteiger partial charge is 0.310 e. The summed E-state index contributed by atoms with van der Waals surface area (Å²) in [5.41, 5.74) is 0.472. The molecule has 11 heteroatoms. The van der Waals surface area contributed by atoms with E-state index in [1.54, 1.807) is 11.0 Å². The first kappa shape index (κ1) is 24.5. The van der Waals surface area contributed by atoms with E-state index < -0.39 is 27.0 Å². The van der Waals surface area contributed by atoms with Crippen LogP contribution >= 0.6 is 10.2 Å². The molecule has 3 aliphatic heterocycles. The number of carbonyl (C=O) groups is 1. The molecule has 1 N–H and O–H groups in total. The van der Waals surface area contributed by atoms with Crippen molar-refractivity contribution in [1.29, 1.82) is 0 Å². The first-order valence-electron chi connectivity index (χ1n) is 11.4. The second-order valence-electron chi connectivity index (χ2n) is 10.2. The maximum absolute atomic E-state index is 13.8. The molecule has 3 aliphatic rings. The standard InChI is InChI=1S/C22H32F5N3O2S/c1-28-9-4-22(5-10-28)6-11-29(16-22)15-17-12-19(14-20(13-17)33(23,24,25,26)27)30-7-2-18(3-8-30)21(31)32/h12-14,18H,2-11,15-16H2,1H3,(H,31,32). The molecule has 1 aromatic carbocycles. The van der Waals surface area contributed by atoms with E-state index in [4.69, 9.17) is 5.11 Å². The fraction of sp³-hybridized carbons (Fsp3) is 0.682. The first-order valence-corrected chi connectivity index (χ1v) is 13.3. The van der Waals surface area contributed by atoms with E-state index in [2.05, 4.69) is 16.8 Å². The zero-order valence-electron chi connectivity index (χ0n) is 18.8. The third kappa shape index (κ3) is 5.74. The Morgan fingerprint density at radius 3 is 2.18 bits per heavy atom. The van der Waals surface area contributed by atoms with Crippen molar-refractivity contribution < 1.29 is 29.3 Å². The summed E-state index contributed by atoms with van der Waals surface area (Å²) in [5.74, 6) is -1.50. The Morgan fingerprint density at radius 2 is 1.61 bits per heavy atom. The molecule has 33 heavy (non-hydrogen) atoms. The molecule has 1 aromatic rings. The van der Waals surface area contributed by atoms with Gasteiger partial charge in [-0.05, 0) is 88.0 Å². The van der Waals surface area contributed by atoms with Gasteiger partial charge in [-0.3, -0.25) is 9.69 Å². The van der Waals surface area contributed by atoms with Gasteiger partial charge in [0, 0.05) is 31.9 Å². The minimum Gasteiger partial charge on any atom is -0.481 e. The van der Waals surface area contributed by atoms with Crippen molar-refractivity contribution in [2.45, 2.75) is 43.5 Å². The lowest BCUT2D eigenvalue weighted by Gasteiger charge is -2.42. The predicted molar refractivity (Wildman–Crippen MR) is 119 cm³/mol. The highest BCUT2D eigenvalue weighted by atomic mass is 32.5. The van der Waals surface area contributed by atoms with Crippen molar-refractivity contribution in [2.24, 2.45) is 11.3 Å². The number of benzene rings is 1. The molecule has 0 amide bonds. The Bertz CT molecular complexity index is 911. The fourth-order valence-corrected chi connectivity index (χ4v) is 6.16. The summed E-state index contributed by atoms with van der Waals surface area (Å²) in [6.45, 7) is 4.12. The van der Waals surface area contributed by atoms with E-state index in [-0.39, 0.29) is 49.1 Å². The Hall–Kier alpha value is -1.59. The van der Waals surface area contributed by atoms with Gasteiger partial charge in [0.05, 0.1) is 5.92 Å². The van der Waals surface area contributed by atoms with Crippen molar-refractivity contribution in [3.8, 4) is 0 Å². The topological polar surface area (TPSA) is 47.0 Å². The summed E-state index contributed by atoms with van der Waals surface area (Å²) in [6.07, 6.45) is 3.59. The number of likely N-dealkylation sites (tertiary alicyclic amines) is 2. The van der Waals surface area contributed by atoms with E-state index in [1.165, 1.54) is 0 Å². The minimum atomic E-state index is -9.86. The minimum absolute atomic E-state index is 0.0905. The van der Waals surface area contributed by atoms with E-state index in [0.717, 1.165) is 45.4 Å². The first-order chi connectivity index (χ1) is 15.1. The summed E-state index contributed by atoms with van der Waals surface area (Å²) < 4.78 is 68.8. The summed E-state index contributed by atoms with van der Waals surface area (Å²) in [5, 5.41) is 9.17. The molecule has 0 atom stereocenters. The van der Waals surface area contributed by atoms with Crippen molar-refractivity contribution in [3.63, 3.8) is 0 Å². The molecule has 4 rings (SSSR count). The average molecular weight is 498 g/mol. The van der Waals surface area contributed by atoms with Gasteiger partial charge in [-0.1, -0.05) is 19.4 Å². The largest absolute Gasteiger partial charge is 0.481 e. The van der Waals surface area contributed by atoms with Gasteiger partial charge >= 0.3 is 16.2 Å². The van der Waals surface area contributed by atoms with Crippen LogP contribution in [0.5, 0.6) is 0 Å². The van der Waals surface area contributed by atoms with E-state index in [0.29, 0.717) is 12.1 Å². The number of piperidine rings is 2. The molecule has 3 heterocycles. The molecule has 0 aromatic heterocycles. The third-order valence-electron chi connectivity index (χ3n) is 7.58. The quantitative estimate of drug-likeness (QED) is 0.540. The number of halogens is 5. The second-order valence-corrected chi connectivity index (χ2v) is 12.6.